The van der Waals surface area contributed by atoms with Crippen LogP contribution in [-0.2, 0) is 0 Å². The van der Waals surface area contributed by atoms with Gasteiger partial charge in [-0.3, -0.25) is 0 Å². The van der Waals surface area contributed by atoms with E-state index < -0.39 is 10.9 Å². The van der Waals surface area contributed by atoms with E-state index in [4.69, 9.17) is 0 Å². The number of rotatable bonds is 5. The minimum atomic E-state index is -0.540. The van der Waals surface area contributed by atoms with Crippen LogP contribution in [-0.4, -0.2) is 0 Å². The van der Waals surface area contributed by atoms with Crippen LogP contribution in [0.5, 0.6) is 0 Å². The van der Waals surface area contributed by atoms with Crippen LogP contribution in [0, 0.1) is 0 Å². The molecule has 3 aromatic carbocycles. The SMILES string of the molecule is c1ccc([SH](c2ccc(C3CCCCCCCCC3)cc2)c2ccc(C3CCCCCCCCC3)cc2)cc1. The van der Waals surface area contributed by atoms with Crippen LogP contribution in [0.1, 0.15) is 139 Å². The van der Waals surface area contributed by atoms with Crippen molar-refractivity contribution in [2.24, 2.45) is 0 Å². The van der Waals surface area contributed by atoms with E-state index in [9.17, 15) is 0 Å². The molecule has 0 radical (unpaired) electrons. The topological polar surface area (TPSA) is 0 Å². The lowest BCUT2D eigenvalue weighted by atomic mass is 9.87. The van der Waals surface area contributed by atoms with Crippen LogP contribution < -0.4 is 0 Å². The van der Waals surface area contributed by atoms with Gasteiger partial charge < -0.3 is 0 Å². The molecule has 2 aliphatic carbocycles. The lowest BCUT2D eigenvalue weighted by molar-refractivity contribution is 0.462. The Hall–Kier alpha value is -1.99. The lowest BCUT2D eigenvalue weighted by Crippen LogP contribution is -2.02. The summed E-state index contributed by atoms with van der Waals surface area (Å²) >= 11 is 0. The molecule has 0 atom stereocenters. The van der Waals surface area contributed by atoms with E-state index in [0.717, 1.165) is 11.8 Å². The summed E-state index contributed by atoms with van der Waals surface area (Å²) < 4.78 is 0. The van der Waals surface area contributed by atoms with Gasteiger partial charge in [-0.1, -0.05) is 132 Å². The number of hydrogen-bond donors (Lipinski definition) is 1. The quantitative estimate of drug-likeness (QED) is 0.306. The fraction of sp³-hybridized carbons (Fsp3) is 0.526. The van der Waals surface area contributed by atoms with Crippen molar-refractivity contribution >= 4 is 10.9 Å². The first-order valence-electron chi connectivity index (χ1n) is 16.4. The second-order valence-electron chi connectivity index (χ2n) is 12.4. The number of benzene rings is 3. The zero-order valence-corrected chi connectivity index (χ0v) is 25.2. The highest BCUT2D eigenvalue weighted by Gasteiger charge is 2.18. The van der Waals surface area contributed by atoms with Gasteiger partial charge in [-0.15, -0.1) is 0 Å². The van der Waals surface area contributed by atoms with E-state index in [2.05, 4.69) is 78.9 Å². The molecule has 2 saturated carbocycles. The summed E-state index contributed by atoms with van der Waals surface area (Å²) in [7, 11) is -0.540. The van der Waals surface area contributed by atoms with Gasteiger partial charge in [0.25, 0.3) is 0 Å². The molecule has 2 fully saturated rings. The Morgan fingerprint density at radius 3 is 1.00 bits per heavy atom. The molecular formula is C38H52S. The molecule has 0 saturated heterocycles. The van der Waals surface area contributed by atoms with Crippen molar-refractivity contribution < 1.29 is 0 Å². The van der Waals surface area contributed by atoms with E-state index in [1.807, 2.05) is 0 Å². The van der Waals surface area contributed by atoms with Gasteiger partial charge in [0.2, 0.25) is 0 Å². The lowest BCUT2D eigenvalue weighted by Gasteiger charge is -2.26. The molecule has 39 heavy (non-hydrogen) atoms. The number of hydrogen-bond acceptors (Lipinski definition) is 0. The Labute approximate surface area is 242 Å². The van der Waals surface area contributed by atoms with Crippen molar-refractivity contribution in [1.29, 1.82) is 0 Å². The molecule has 0 spiro atoms. The van der Waals surface area contributed by atoms with E-state index in [1.54, 1.807) is 11.1 Å². The van der Waals surface area contributed by atoms with E-state index in [-0.39, 0.29) is 0 Å². The Morgan fingerprint density at radius 2 is 0.641 bits per heavy atom. The molecule has 0 unspecified atom stereocenters. The van der Waals surface area contributed by atoms with Crippen molar-refractivity contribution in [3.05, 3.63) is 90.0 Å². The molecule has 0 aromatic heterocycles. The summed E-state index contributed by atoms with van der Waals surface area (Å²) in [5.41, 5.74) is 3.15. The maximum atomic E-state index is 2.48. The van der Waals surface area contributed by atoms with Gasteiger partial charge >= 0.3 is 0 Å². The van der Waals surface area contributed by atoms with E-state index >= 15 is 0 Å². The molecule has 2 aliphatic rings. The molecule has 0 amide bonds. The molecule has 0 aliphatic heterocycles. The maximum Gasteiger partial charge on any atom is -0.00450 e. The average molecular weight is 541 g/mol. The first-order chi connectivity index (χ1) is 19.4. The van der Waals surface area contributed by atoms with Crippen molar-refractivity contribution in [1.82, 2.24) is 0 Å². The van der Waals surface area contributed by atoms with Gasteiger partial charge in [-0.2, -0.15) is 10.9 Å². The Balaban J connectivity index is 1.35. The van der Waals surface area contributed by atoms with Crippen LogP contribution in [0.2, 0.25) is 0 Å². The molecule has 0 bridgehead atoms. The van der Waals surface area contributed by atoms with Crippen molar-refractivity contribution in [2.75, 3.05) is 0 Å². The fourth-order valence-electron chi connectivity index (χ4n) is 7.10. The predicted octanol–water partition coefficient (Wildman–Crippen LogP) is 12.4. The molecular weight excluding hydrogens is 488 g/mol. The zero-order chi connectivity index (χ0) is 26.5. The van der Waals surface area contributed by atoms with Crippen LogP contribution >= 0.6 is 10.9 Å². The van der Waals surface area contributed by atoms with E-state index in [1.165, 1.54) is 130 Å². The highest BCUT2D eigenvalue weighted by molar-refractivity contribution is 8.17. The summed E-state index contributed by atoms with van der Waals surface area (Å²) in [4.78, 5) is 4.45. The van der Waals surface area contributed by atoms with Crippen molar-refractivity contribution in [3.63, 3.8) is 0 Å². The standard InChI is InChI=1S/C38H52S/c1-3-7-12-18-32(19-13-8-4-1)34-24-28-37(29-25-34)39(36-22-16-11-17-23-36)38-30-26-35(27-31-38)33-20-14-9-5-2-6-10-15-21-33/h11,16-17,22-33,39H,1-10,12-15,18-21H2. The maximum absolute atomic E-state index is 2.48. The fourth-order valence-corrected chi connectivity index (χ4v) is 9.36. The van der Waals surface area contributed by atoms with Crippen molar-refractivity contribution in [2.45, 2.75) is 142 Å². The highest BCUT2D eigenvalue weighted by Crippen LogP contribution is 2.51. The van der Waals surface area contributed by atoms with Gasteiger partial charge in [-0.05, 0) is 99.7 Å². The number of thiol groups is 1. The third-order valence-corrected chi connectivity index (χ3v) is 11.9. The summed E-state index contributed by atoms with van der Waals surface area (Å²) in [5, 5.41) is 0. The van der Waals surface area contributed by atoms with Gasteiger partial charge in [0, 0.05) is 0 Å². The van der Waals surface area contributed by atoms with Crippen molar-refractivity contribution in [3.8, 4) is 0 Å². The monoisotopic (exact) mass is 540 g/mol. The Kier molecular flexibility index (Phi) is 11.5. The highest BCUT2D eigenvalue weighted by atomic mass is 32.2. The molecule has 0 heterocycles. The molecule has 210 valence electrons. The summed E-state index contributed by atoms with van der Waals surface area (Å²) in [6.45, 7) is 0. The second kappa shape index (κ2) is 15.7. The Morgan fingerprint density at radius 1 is 0.333 bits per heavy atom. The van der Waals surface area contributed by atoms with Crippen LogP contribution in [0.15, 0.2) is 93.5 Å². The predicted molar refractivity (Wildman–Crippen MR) is 172 cm³/mol. The third-order valence-electron chi connectivity index (χ3n) is 9.47. The third kappa shape index (κ3) is 8.50. The van der Waals surface area contributed by atoms with Gasteiger partial charge in [0.15, 0.2) is 0 Å². The van der Waals surface area contributed by atoms with Gasteiger partial charge in [0.05, 0.1) is 0 Å². The molecule has 0 N–H and O–H groups in total. The first-order valence-corrected chi connectivity index (χ1v) is 17.8. The molecule has 0 nitrogen and oxygen atoms in total. The van der Waals surface area contributed by atoms with E-state index in [0.29, 0.717) is 0 Å². The van der Waals surface area contributed by atoms with Gasteiger partial charge in [0.1, 0.15) is 0 Å². The minimum Gasteiger partial charge on any atom is -0.173 e. The van der Waals surface area contributed by atoms with Crippen LogP contribution in [0.25, 0.3) is 0 Å². The molecule has 5 rings (SSSR count). The van der Waals surface area contributed by atoms with Crippen LogP contribution in [0.3, 0.4) is 0 Å². The van der Waals surface area contributed by atoms with Gasteiger partial charge in [-0.25, -0.2) is 0 Å². The Bertz CT molecular complexity index is 978. The molecule has 3 aromatic rings. The second-order valence-corrected chi connectivity index (χ2v) is 14.6. The molecule has 1 heteroatoms. The smallest absolute Gasteiger partial charge is 0.00450 e. The summed E-state index contributed by atoms with van der Waals surface area (Å²) in [5.74, 6) is 1.49. The zero-order valence-electron chi connectivity index (χ0n) is 24.3. The minimum absolute atomic E-state index is 0.540. The van der Waals surface area contributed by atoms with Crippen LogP contribution in [0.4, 0.5) is 0 Å². The first kappa shape index (κ1) is 28.5. The average Bonchev–Trinajstić information content (AvgIpc) is 3.00. The largest absolute Gasteiger partial charge is 0.173 e. The summed E-state index contributed by atoms with van der Waals surface area (Å²) in [6, 6.07) is 31.1. The summed E-state index contributed by atoms with van der Waals surface area (Å²) in [6.07, 6.45) is 25.4. The normalized spacial score (nSPS) is 19.7.